The number of hydrogen-bond donors (Lipinski definition) is 4. The van der Waals surface area contributed by atoms with Crippen molar-refractivity contribution < 1.29 is 19.8 Å². The first-order valence-corrected chi connectivity index (χ1v) is 10.2. The molecular weight excluding hydrogens is 368 g/mol. The Morgan fingerprint density at radius 3 is 1.33 bits per heavy atom. The highest BCUT2D eigenvalue weighted by atomic mass is 35.5. The minimum atomic E-state index is -0.728. The van der Waals surface area contributed by atoms with Crippen molar-refractivity contribution >= 4 is 24.3 Å². The molecule has 0 amide bonds. The van der Waals surface area contributed by atoms with Crippen LogP contribution in [0.4, 0.5) is 0 Å². The van der Waals surface area contributed by atoms with Gasteiger partial charge >= 0.3 is 11.9 Å². The second-order valence-corrected chi connectivity index (χ2v) is 6.99. The highest BCUT2D eigenvalue weighted by Crippen LogP contribution is 2.03. The van der Waals surface area contributed by atoms with E-state index in [0.29, 0.717) is 25.2 Å². The van der Waals surface area contributed by atoms with E-state index in [1.165, 1.54) is 38.5 Å². The summed E-state index contributed by atoms with van der Waals surface area (Å²) in [5.74, 6) is -1.46. The lowest BCUT2D eigenvalue weighted by Crippen LogP contribution is -2.28. The number of carbonyl (C=O) groups is 2. The van der Waals surface area contributed by atoms with Crippen LogP contribution in [0.15, 0.2) is 0 Å². The van der Waals surface area contributed by atoms with Crippen molar-refractivity contribution in [1.29, 1.82) is 0 Å². The quantitative estimate of drug-likeness (QED) is 0.280. The number of aliphatic carboxylic acids is 2. The fraction of sp³-hybridized carbons (Fsp3) is 0.900. The van der Waals surface area contributed by atoms with Gasteiger partial charge in [0.25, 0.3) is 0 Å². The highest BCUT2D eigenvalue weighted by Gasteiger charge is 2.02. The van der Waals surface area contributed by atoms with E-state index in [1.807, 2.05) is 0 Å². The zero-order chi connectivity index (χ0) is 20.2. The maximum Gasteiger partial charge on any atom is 0.304 e. The molecule has 0 aliphatic heterocycles. The van der Waals surface area contributed by atoms with Gasteiger partial charge in [-0.25, -0.2) is 0 Å². The summed E-state index contributed by atoms with van der Waals surface area (Å²) in [7, 11) is 0. The molecule has 0 saturated carbocycles. The average Bonchev–Trinajstić information content (AvgIpc) is 2.55. The Kier molecular flexibility index (Phi) is 26.5. The van der Waals surface area contributed by atoms with Crippen LogP contribution in [0.1, 0.15) is 91.9 Å². The Hall–Kier alpha value is -0.850. The molecule has 164 valence electrons. The third-order valence-corrected chi connectivity index (χ3v) is 4.14. The molecule has 6 nitrogen and oxygen atoms in total. The molecule has 0 unspecified atom stereocenters. The molecule has 0 saturated heterocycles. The molecule has 0 aromatic rings. The summed E-state index contributed by atoms with van der Waals surface area (Å²) < 4.78 is 0. The van der Waals surface area contributed by atoms with Crippen LogP contribution in [0.5, 0.6) is 0 Å². The highest BCUT2D eigenvalue weighted by molar-refractivity contribution is 5.85. The molecule has 0 bridgehead atoms. The normalized spacial score (nSPS) is 12.3. The van der Waals surface area contributed by atoms with Crippen molar-refractivity contribution in [2.45, 2.75) is 104 Å². The molecule has 0 heterocycles. The zero-order valence-electron chi connectivity index (χ0n) is 17.8. The van der Waals surface area contributed by atoms with Gasteiger partial charge in [0.1, 0.15) is 0 Å². The molecule has 0 aromatic carbocycles. The summed E-state index contributed by atoms with van der Waals surface area (Å²) in [4.78, 5) is 20.4. The number of halogens is 1. The lowest BCUT2D eigenvalue weighted by molar-refractivity contribution is -0.137. The summed E-state index contributed by atoms with van der Waals surface area (Å²) in [6, 6.07) is 0.900. The molecule has 0 aliphatic carbocycles. The average molecular weight is 411 g/mol. The van der Waals surface area contributed by atoms with Crippen LogP contribution < -0.4 is 10.6 Å². The maximum absolute atomic E-state index is 10.2. The second-order valence-electron chi connectivity index (χ2n) is 6.99. The van der Waals surface area contributed by atoms with Gasteiger partial charge in [-0.2, -0.15) is 0 Å². The van der Waals surface area contributed by atoms with E-state index in [1.54, 1.807) is 0 Å². The van der Waals surface area contributed by atoms with Gasteiger partial charge in [0, 0.05) is 25.2 Å². The molecule has 0 radical (unpaired) electrons. The largest absolute Gasteiger partial charge is 0.481 e. The Bertz CT molecular complexity index is 312. The van der Waals surface area contributed by atoms with E-state index >= 15 is 0 Å². The lowest BCUT2D eigenvalue weighted by Gasteiger charge is -2.12. The maximum atomic E-state index is 10.2. The summed E-state index contributed by atoms with van der Waals surface area (Å²) in [6.07, 6.45) is 10.2. The van der Waals surface area contributed by atoms with E-state index in [2.05, 4.69) is 38.3 Å². The molecule has 0 spiro atoms. The summed E-state index contributed by atoms with van der Waals surface area (Å²) in [6.45, 7) is 9.76. The van der Waals surface area contributed by atoms with Gasteiger partial charge in [0.05, 0.1) is 12.8 Å². The van der Waals surface area contributed by atoms with E-state index in [0.717, 1.165) is 12.8 Å². The molecule has 0 fully saturated rings. The minimum absolute atomic E-state index is 0. The van der Waals surface area contributed by atoms with Crippen molar-refractivity contribution in [3.05, 3.63) is 0 Å². The standard InChI is InChI=1S/2C10H21NO2.ClH/c2*1-3-4-5-6-9(2)11-8-7-10(12)13;/h2*9,11H,3-8H2,1-2H3,(H,12,13);1H/t2*9-;/m00./s1. The van der Waals surface area contributed by atoms with Crippen LogP contribution in [-0.4, -0.2) is 47.3 Å². The van der Waals surface area contributed by atoms with Crippen LogP contribution >= 0.6 is 12.4 Å². The molecule has 7 heteroatoms. The third kappa shape index (κ3) is 30.1. The van der Waals surface area contributed by atoms with Gasteiger partial charge in [0.15, 0.2) is 0 Å². The van der Waals surface area contributed by atoms with E-state index in [4.69, 9.17) is 10.2 Å². The van der Waals surface area contributed by atoms with Crippen molar-refractivity contribution in [2.75, 3.05) is 13.1 Å². The van der Waals surface area contributed by atoms with Crippen molar-refractivity contribution in [2.24, 2.45) is 0 Å². The van der Waals surface area contributed by atoms with Gasteiger partial charge in [0.2, 0.25) is 0 Å². The van der Waals surface area contributed by atoms with Crippen LogP contribution in [0.2, 0.25) is 0 Å². The van der Waals surface area contributed by atoms with Gasteiger partial charge < -0.3 is 20.8 Å². The monoisotopic (exact) mass is 410 g/mol. The molecule has 27 heavy (non-hydrogen) atoms. The number of unbranched alkanes of at least 4 members (excludes halogenated alkanes) is 4. The topological polar surface area (TPSA) is 98.7 Å². The molecule has 2 atom stereocenters. The first-order valence-electron chi connectivity index (χ1n) is 10.2. The molecule has 4 N–H and O–H groups in total. The van der Waals surface area contributed by atoms with Gasteiger partial charge in [-0.3, -0.25) is 9.59 Å². The zero-order valence-corrected chi connectivity index (χ0v) is 18.6. The number of carboxylic acid groups (broad SMARTS) is 2. The molecule has 0 aromatic heterocycles. The first-order chi connectivity index (χ1) is 12.3. The Balaban J connectivity index is -0.000000411. The van der Waals surface area contributed by atoms with E-state index in [9.17, 15) is 9.59 Å². The third-order valence-electron chi connectivity index (χ3n) is 4.14. The Labute approximate surface area is 172 Å². The number of carboxylic acids is 2. The molecular formula is C20H43ClN2O4. The van der Waals surface area contributed by atoms with E-state index < -0.39 is 11.9 Å². The predicted octanol–water partition coefficient (Wildman–Crippen LogP) is 4.46. The molecule has 0 aliphatic rings. The Morgan fingerprint density at radius 2 is 1.07 bits per heavy atom. The summed E-state index contributed by atoms with van der Waals surface area (Å²) >= 11 is 0. The van der Waals surface area contributed by atoms with Crippen LogP contribution in [0.3, 0.4) is 0 Å². The summed E-state index contributed by atoms with van der Waals surface area (Å²) in [5.41, 5.74) is 0. The lowest BCUT2D eigenvalue weighted by atomic mass is 10.1. The minimum Gasteiger partial charge on any atom is -0.481 e. The van der Waals surface area contributed by atoms with Gasteiger partial charge in [-0.1, -0.05) is 52.4 Å². The van der Waals surface area contributed by atoms with Crippen LogP contribution in [0, 0.1) is 0 Å². The van der Waals surface area contributed by atoms with Crippen molar-refractivity contribution in [3.8, 4) is 0 Å². The van der Waals surface area contributed by atoms with Gasteiger partial charge in [-0.05, 0) is 26.7 Å². The number of rotatable bonds is 16. The van der Waals surface area contributed by atoms with Crippen LogP contribution in [-0.2, 0) is 9.59 Å². The number of hydrogen-bond acceptors (Lipinski definition) is 4. The SMILES string of the molecule is CCCCC[C@H](C)NCCC(=O)O.CCCCC[C@H](C)NCCC(=O)O.Cl. The van der Waals surface area contributed by atoms with Crippen molar-refractivity contribution in [3.63, 3.8) is 0 Å². The van der Waals surface area contributed by atoms with Gasteiger partial charge in [-0.15, -0.1) is 12.4 Å². The Morgan fingerprint density at radius 1 is 0.741 bits per heavy atom. The number of nitrogens with one attached hydrogen (secondary N) is 2. The fourth-order valence-electron chi connectivity index (χ4n) is 2.46. The second kappa shape index (κ2) is 23.2. The predicted molar refractivity (Wildman–Crippen MR) is 115 cm³/mol. The smallest absolute Gasteiger partial charge is 0.304 e. The van der Waals surface area contributed by atoms with Crippen LogP contribution in [0.25, 0.3) is 0 Å². The molecule has 0 rings (SSSR count). The van der Waals surface area contributed by atoms with E-state index in [-0.39, 0.29) is 25.2 Å². The van der Waals surface area contributed by atoms with Crippen molar-refractivity contribution in [1.82, 2.24) is 10.6 Å². The summed E-state index contributed by atoms with van der Waals surface area (Å²) in [5, 5.41) is 23.2. The first kappa shape index (κ1) is 30.9. The fourth-order valence-corrected chi connectivity index (χ4v) is 2.46.